The molecule has 0 heterocycles. The van der Waals surface area contributed by atoms with Crippen LogP contribution >= 0.6 is 7.60 Å². The van der Waals surface area contributed by atoms with Crippen LogP contribution in [0.2, 0.25) is 0 Å². The van der Waals surface area contributed by atoms with Crippen molar-refractivity contribution in [1.82, 2.24) is 0 Å². The number of carbonyl (C=O) groups is 1. The minimum absolute atomic E-state index is 0. The predicted octanol–water partition coefficient (Wildman–Crippen LogP) is -1.29. The van der Waals surface area contributed by atoms with Crippen molar-refractivity contribution in [1.29, 1.82) is 0 Å². The molecule has 0 aliphatic rings. The van der Waals surface area contributed by atoms with E-state index in [-0.39, 0.29) is 18.9 Å². The van der Waals surface area contributed by atoms with Crippen molar-refractivity contribution in [3.63, 3.8) is 0 Å². The molecule has 0 unspecified atom stereocenters. The van der Waals surface area contributed by atoms with Crippen molar-refractivity contribution in [3.8, 4) is 0 Å². The van der Waals surface area contributed by atoms with E-state index in [1.807, 2.05) is 0 Å². The molecule has 7 heavy (non-hydrogen) atoms. The van der Waals surface area contributed by atoms with Crippen molar-refractivity contribution in [2.45, 2.75) is 0 Å². The fourth-order valence-electron chi connectivity index (χ4n) is 0. The molecule has 0 spiro atoms. The van der Waals surface area contributed by atoms with E-state index in [9.17, 15) is 4.57 Å². The second-order valence-electron chi connectivity index (χ2n) is 0.695. The molecule has 0 bridgehead atoms. The van der Waals surface area contributed by atoms with Gasteiger partial charge in [0.1, 0.15) is 0 Å². The van der Waals surface area contributed by atoms with E-state index in [2.05, 4.69) is 0 Å². The minimum atomic E-state index is -4.33. The average molecular weight is 118 g/mol. The zero-order chi connectivity index (χ0) is 5.21. The molecule has 0 aromatic heterocycles. The van der Waals surface area contributed by atoms with Crippen LogP contribution in [0.25, 0.3) is 0 Å². The predicted molar refractivity (Wildman–Crippen MR) is 25.9 cm³/mol. The molecule has 0 aromatic carbocycles. The zero-order valence-corrected chi connectivity index (χ0v) is 3.63. The van der Waals surface area contributed by atoms with Crippen molar-refractivity contribution in [2.24, 2.45) is 0 Å². The second-order valence-corrected chi connectivity index (χ2v) is 2.08. The van der Waals surface area contributed by atoms with E-state index < -0.39 is 13.6 Å². The van der Waals surface area contributed by atoms with Crippen molar-refractivity contribution < 1.29 is 19.1 Å². The first kappa shape index (κ1) is 10.4. The van der Waals surface area contributed by atoms with Crippen LogP contribution < -0.4 is 0 Å². The van der Waals surface area contributed by atoms with Gasteiger partial charge in [0, 0.05) is 0 Å². The monoisotopic (exact) mass is 118 g/mol. The van der Waals surface area contributed by atoms with Crippen LogP contribution in [0.15, 0.2) is 0 Å². The van der Waals surface area contributed by atoms with Gasteiger partial charge in [-0.15, -0.1) is 0 Å². The summed E-state index contributed by atoms with van der Waals surface area (Å²) in [6.07, 6.45) is 0. The van der Waals surface area contributed by atoms with Gasteiger partial charge in [0.15, 0.2) is 0 Å². The fourth-order valence-corrected chi connectivity index (χ4v) is 0. The molecule has 0 saturated carbocycles. The molecule has 0 fully saturated rings. The van der Waals surface area contributed by atoms with Gasteiger partial charge in [-0.2, -0.15) is 0 Å². The average Bonchev–Trinajstić information content (AvgIpc) is 1.35. The van der Waals surface area contributed by atoms with Crippen molar-refractivity contribution in [2.75, 3.05) is 0 Å². The van der Waals surface area contributed by atoms with Crippen LogP contribution in [0.3, 0.4) is 0 Å². The molecule has 4 nitrogen and oxygen atoms in total. The third-order valence-electron chi connectivity index (χ3n) is 0.137. The summed E-state index contributed by atoms with van der Waals surface area (Å²) in [6.45, 7) is 0. The quantitative estimate of drug-likeness (QED) is 0.255. The second kappa shape index (κ2) is 3.42. The third kappa shape index (κ3) is 10.7. The maximum atomic E-state index is 9.33. The molecule has 0 radical (unpaired) electrons. The Balaban J connectivity index is 0. The number of hydrogen-bond donors (Lipinski definition) is 2. The summed E-state index contributed by atoms with van der Waals surface area (Å²) >= 11 is 0. The molecule has 0 aliphatic heterocycles. The van der Waals surface area contributed by atoms with Gasteiger partial charge in [-0.25, -0.2) is 0 Å². The fraction of sp³-hybridized carbons (Fsp3) is 0. The van der Waals surface area contributed by atoms with E-state index in [1.165, 1.54) is 0 Å². The van der Waals surface area contributed by atoms with Crippen LogP contribution in [0.4, 0.5) is 0 Å². The van der Waals surface area contributed by atoms with E-state index in [1.54, 1.807) is 0 Å². The van der Waals surface area contributed by atoms with Gasteiger partial charge in [0.25, 0.3) is 0 Å². The van der Waals surface area contributed by atoms with E-state index in [0.717, 1.165) is 0 Å². The summed E-state index contributed by atoms with van der Waals surface area (Å²) < 4.78 is 9.33. The first-order valence-electron chi connectivity index (χ1n) is 1.08. The van der Waals surface area contributed by atoms with Crippen LogP contribution in [-0.2, 0) is 9.36 Å². The van der Waals surface area contributed by atoms with Gasteiger partial charge < -0.3 is 9.79 Å². The number of carbonyl (C=O) groups excluding carboxylic acids is 1. The Morgan fingerprint density at radius 3 is 1.57 bits per heavy atom. The Kier molecular flexibility index (Phi) is 5.09. The van der Waals surface area contributed by atoms with Crippen LogP contribution in [-0.4, -0.2) is 34.7 Å². The topological polar surface area (TPSA) is 74.6 Å². The first-order valence-corrected chi connectivity index (χ1v) is 2.76. The molecule has 0 aliphatic carbocycles. The maximum absolute atomic E-state index is 9.33. The van der Waals surface area contributed by atoms with Gasteiger partial charge in [-0.05, 0) is 0 Å². The molecule has 0 amide bonds. The van der Waals surface area contributed by atoms with Gasteiger partial charge >= 0.3 is 26.5 Å². The van der Waals surface area contributed by atoms with Gasteiger partial charge in [-0.1, -0.05) is 0 Å². The van der Waals surface area contributed by atoms with E-state index >= 15 is 0 Å². The zero-order valence-electron chi connectivity index (χ0n) is 2.74. The molecule has 6 heteroatoms. The first-order chi connectivity index (χ1) is 2.56. The normalized spacial score (nSPS) is 9.43. The molecule has 2 N–H and O–H groups in total. The number of rotatable bonds is 1. The third-order valence-corrected chi connectivity index (χ3v) is 0.412. The van der Waals surface area contributed by atoms with Crippen LogP contribution in [0, 0.1) is 0 Å². The summed E-state index contributed by atoms with van der Waals surface area (Å²) in [7, 11) is -4.33. The Morgan fingerprint density at radius 2 is 1.57 bits per heavy atom. The van der Waals surface area contributed by atoms with Gasteiger partial charge in [-0.3, -0.25) is 9.36 Å². The van der Waals surface area contributed by atoms with Gasteiger partial charge in [0.2, 0.25) is 6.03 Å². The summed E-state index contributed by atoms with van der Waals surface area (Å²) in [6, 6.07) is -0.396. The SMILES string of the molecule is O=CP(=O)(O)O.[LiH]. The Bertz CT molecular complexity index is 93.9. The van der Waals surface area contributed by atoms with Crippen molar-refractivity contribution >= 4 is 32.5 Å². The molecule has 0 saturated heterocycles. The Morgan fingerprint density at radius 1 is 1.43 bits per heavy atom. The molecule has 0 aromatic rings. The summed E-state index contributed by atoms with van der Waals surface area (Å²) in [4.78, 5) is 24.2. The van der Waals surface area contributed by atoms with Crippen LogP contribution in [0.5, 0.6) is 0 Å². The summed E-state index contributed by atoms with van der Waals surface area (Å²) in [5.41, 5.74) is 0. The van der Waals surface area contributed by atoms with Gasteiger partial charge in [0.05, 0.1) is 0 Å². The van der Waals surface area contributed by atoms with E-state index in [4.69, 9.17) is 14.6 Å². The molecule has 0 rings (SSSR count). The Labute approximate surface area is 52.2 Å². The van der Waals surface area contributed by atoms with Crippen LogP contribution in [0.1, 0.15) is 0 Å². The summed E-state index contributed by atoms with van der Waals surface area (Å²) in [5.74, 6) is 0. The van der Waals surface area contributed by atoms with E-state index in [0.29, 0.717) is 0 Å². The van der Waals surface area contributed by atoms with Crippen molar-refractivity contribution in [3.05, 3.63) is 0 Å². The standard InChI is InChI=1S/CH3O4P.Li.H/c2-1-6(3,4)5;;/h1H,(H2,3,4,5);;. The molecule has 0 atom stereocenters. The molecular weight excluding hydrogens is 114 g/mol. The molecule has 38 valence electrons. The number of hydrogen-bond acceptors (Lipinski definition) is 2. The molecular formula is CH4LiO4P. The summed E-state index contributed by atoms with van der Waals surface area (Å²) in [5, 5.41) is 0. The Hall–Kier alpha value is 0.417.